The third kappa shape index (κ3) is 3.16. The molecule has 0 unspecified atom stereocenters. The zero-order valence-electron chi connectivity index (χ0n) is 11.9. The molecule has 0 saturated carbocycles. The van der Waals surface area contributed by atoms with Crippen molar-refractivity contribution in [3.05, 3.63) is 17.7 Å². The second-order valence-corrected chi connectivity index (χ2v) is 5.57. The number of hydrogen-bond donors (Lipinski definition) is 0. The van der Waals surface area contributed by atoms with Crippen molar-refractivity contribution in [2.45, 2.75) is 39.2 Å². The van der Waals surface area contributed by atoms with E-state index in [1.54, 1.807) is 12.0 Å². The molecule has 2 rings (SSSR count). The maximum absolute atomic E-state index is 12.2. The molecule has 104 valence electrons. The van der Waals surface area contributed by atoms with Crippen LogP contribution in [0.2, 0.25) is 0 Å². The number of carbonyl (C=O) groups excluding carboxylic acids is 1. The van der Waals surface area contributed by atoms with Gasteiger partial charge in [0.05, 0.1) is 7.11 Å². The Morgan fingerprint density at radius 2 is 2.11 bits per heavy atom. The maximum atomic E-state index is 12.2. The van der Waals surface area contributed by atoms with Crippen molar-refractivity contribution >= 4 is 11.9 Å². The highest BCUT2D eigenvalue weighted by Crippen LogP contribution is 2.28. The quantitative estimate of drug-likeness (QED) is 0.782. The zero-order chi connectivity index (χ0) is 14.0. The molecule has 0 spiro atoms. The van der Waals surface area contributed by atoms with Gasteiger partial charge in [0.15, 0.2) is 0 Å². The lowest BCUT2D eigenvalue weighted by Gasteiger charge is -2.30. The van der Waals surface area contributed by atoms with Crippen LogP contribution in [0.25, 0.3) is 0 Å². The van der Waals surface area contributed by atoms with E-state index in [2.05, 4.69) is 4.98 Å². The highest BCUT2D eigenvalue weighted by Gasteiger charge is 2.28. The van der Waals surface area contributed by atoms with Crippen molar-refractivity contribution in [3.63, 3.8) is 0 Å². The Kier molecular flexibility index (Phi) is 3.64. The van der Waals surface area contributed by atoms with E-state index in [-0.39, 0.29) is 6.09 Å². The van der Waals surface area contributed by atoms with Crippen LogP contribution in [0.5, 0.6) is 5.88 Å². The van der Waals surface area contributed by atoms with Crippen LogP contribution in [-0.4, -0.2) is 30.3 Å². The molecule has 0 aromatic carbocycles. The van der Waals surface area contributed by atoms with E-state index in [0.29, 0.717) is 18.2 Å². The molecule has 0 atom stereocenters. The smallest absolute Gasteiger partial charge is 0.416 e. The predicted molar refractivity (Wildman–Crippen MR) is 72.7 cm³/mol. The van der Waals surface area contributed by atoms with Crippen molar-refractivity contribution < 1.29 is 14.3 Å². The van der Waals surface area contributed by atoms with Crippen LogP contribution < -0.4 is 9.64 Å². The summed E-state index contributed by atoms with van der Waals surface area (Å²) in [7, 11) is 1.56. The fraction of sp³-hybridized carbons (Fsp3) is 0.571. The molecule has 0 aliphatic carbocycles. The molecule has 1 aromatic heterocycles. The Hall–Kier alpha value is -1.78. The number of aryl methyl sites for hydroxylation is 1. The SMILES string of the molecule is COc1ccc2c(n1)N(C(=O)OC(C)(C)C)CCC2. The molecule has 19 heavy (non-hydrogen) atoms. The van der Waals surface area contributed by atoms with E-state index < -0.39 is 5.60 Å². The van der Waals surface area contributed by atoms with Gasteiger partial charge in [-0.2, -0.15) is 4.98 Å². The van der Waals surface area contributed by atoms with Crippen molar-refractivity contribution in [1.29, 1.82) is 0 Å². The Bertz CT molecular complexity index is 480. The lowest BCUT2D eigenvalue weighted by atomic mass is 10.1. The number of hydrogen-bond acceptors (Lipinski definition) is 4. The number of anilines is 1. The van der Waals surface area contributed by atoms with E-state index in [9.17, 15) is 4.79 Å². The molecule has 1 aliphatic heterocycles. The van der Waals surface area contributed by atoms with Gasteiger partial charge in [0, 0.05) is 12.6 Å². The highest BCUT2D eigenvalue weighted by atomic mass is 16.6. The average molecular weight is 264 g/mol. The summed E-state index contributed by atoms with van der Waals surface area (Å²) in [5, 5.41) is 0. The van der Waals surface area contributed by atoms with Gasteiger partial charge in [0.1, 0.15) is 11.4 Å². The molecule has 0 saturated heterocycles. The number of amides is 1. The number of methoxy groups -OCH3 is 1. The summed E-state index contributed by atoms with van der Waals surface area (Å²) in [6.45, 7) is 6.19. The summed E-state index contributed by atoms with van der Waals surface area (Å²) in [5.41, 5.74) is 0.547. The average Bonchev–Trinajstić information content (AvgIpc) is 2.35. The van der Waals surface area contributed by atoms with Gasteiger partial charge in [-0.1, -0.05) is 0 Å². The second kappa shape index (κ2) is 5.07. The van der Waals surface area contributed by atoms with Crippen LogP contribution in [0.4, 0.5) is 10.6 Å². The molecule has 0 N–H and O–H groups in total. The van der Waals surface area contributed by atoms with E-state index >= 15 is 0 Å². The van der Waals surface area contributed by atoms with E-state index in [1.165, 1.54) is 0 Å². The summed E-state index contributed by atoms with van der Waals surface area (Å²) < 4.78 is 10.5. The van der Waals surface area contributed by atoms with Gasteiger partial charge in [0.25, 0.3) is 0 Å². The Labute approximate surface area is 113 Å². The summed E-state index contributed by atoms with van der Waals surface area (Å²) in [6, 6.07) is 3.77. The topological polar surface area (TPSA) is 51.7 Å². The van der Waals surface area contributed by atoms with Crippen LogP contribution in [0, 0.1) is 0 Å². The molecule has 0 radical (unpaired) electrons. The van der Waals surface area contributed by atoms with Crippen molar-refractivity contribution in [3.8, 4) is 5.88 Å². The van der Waals surface area contributed by atoms with Gasteiger partial charge in [-0.05, 0) is 45.2 Å². The molecule has 0 fully saturated rings. The summed E-state index contributed by atoms with van der Waals surface area (Å²) in [5.74, 6) is 1.16. The second-order valence-electron chi connectivity index (χ2n) is 5.57. The van der Waals surface area contributed by atoms with Gasteiger partial charge in [-0.15, -0.1) is 0 Å². The first-order valence-electron chi connectivity index (χ1n) is 6.45. The lowest BCUT2D eigenvalue weighted by molar-refractivity contribution is 0.0576. The predicted octanol–water partition coefficient (Wildman–Crippen LogP) is 2.78. The van der Waals surface area contributed by atoms with Gasteiger partial charge < -0.3 is 9.47 Å². The number of rotatable bonds is 1. The number of aromatic nitrogens is 1. The van der Waals surface area contributed by atoms with Crippen molar-refractivity contribution in [2.24, 2.45) is 0 Å². The Morgan fingerprint density at radius 3 is 2.74 bits per heavy atom. The Balaban J connectivity index is 2.28. The fourth-order valence-corrected chi connectivity index (χ4v) is 2.03. The van der Waals surface area contributed by atoms with Gasteiger partial charge in [-0.3, -0.25) is 4.90 Å². The summed E-state index contributed by atoms with van der Waals surface area (Å²) >= 11 is 0. The number of ether oxygens (including phenoxy) is 2. The molecule has 5 nitrogen and oxygen atoms in total. The molecule has 5 heteroatoms. The first-order chi connectivity index (χ1) is 8.90. The number of carbonyl (C=O) groups is 1. The molecule has 1 aliphatic rings. The van der Waals surface area contributed by atoms with E-state index in [4.69, 9.17) is 9.47 Å². The van der Waals surface area contributed by atoms with Crippen molar-refractivity contribution in [2.75, 3.05) is 18.6 Å². The normalized spacial score (nSPS) is 14.8. The van der Waals surface area contributed by atoms with Gasteiger partial charge in [0.2, 0.25) is 5.88 Å². The fourth-order valence-electron chi connectivity index (χ4n) is 2.03. The minimum Gasteiger partial charge on any atom is -0.481 e. The molecular weight excluding hydrogens is 244 g/mol. The minimum absolute atomic E-state index is 0.353. The largest absolute Gasteiger partial charge is 0.481 e. The molecular formula is C14H20N2O3. The maximum Gasteiger partial charge on any atom is 0.416 e. The number of fused-ring (bicyclic) bond motifs is 1. The first kappa shape index (κ1) is 13.6. The molecule has 2 heterocycles. The molecule has 1 aromatic rings. The van der Waals surface area contributed by atoms with Crippen molar-refractivity contribution in [1.82, 2.24) is 4.98 Å². The van der Waals surface area contributed by atoms with Crippen LogP contribution in [0.1, 0.15) is 32.8 Å². The van der Waals surface area contributed by atoms with E-state index in [1.807, 2.05) is 32.9 Å². The zero-order valence-corrected chi connectivity index (χ0v) is 11.9. The van der Waals surface area contributed by atoms with Crippen LogP contribution >= 0.6 is 0 Å². The minimum atomic E-state index is -0.506. The van der Waals surface area contributed by atoms with Gasteiger partial charge >= 0.3 is 6.09 Å². The van der Waals surface area contributed by atoms with Crippen LogP contribution in [0.15, 0.2) is 12.1 Å². The van der Waals surface area contributed by atoms with Crippen LogP contribution in [0.3, 0.4) is 0 Å². The van der Waals surface area contributed by atoms with Crippen LogP contribution in [-0.2, 0) is 11.2 Å². The third-order valence-electron chi connectivity index (χ3n) is 2.84. The monoisotopic (exact) mass is 264 g/mol. The lowest BCUT2D eigenvalue weighted by Crippen LogP contribution is -2.40. The molecule has 1 amide bonds. The third-order valence-corrected chi connectivity index (χ3v) is 2.84. The molecule has 0 bridgehead atoms. The number of pyridine rings is 1. The van der Waals surface area contributed by atoms with E-state index in [0.717, 1.165) is 18.4 Å². The van der Waals surface area contributed by atoms with Gasteiger partial charge in [-0.25, -0.2) is 4.79 Å². The Morgan fingerprint density at radius 1 is 1.37 bits per heavy atom. The number of nitrogens with zero attached hydrogens (tertiary/aromatic N) is 2. The first-order valence-corrected chi connectivity index (χ1v) is 6.45. The standard InChI is InChI=1S/C14H20N2O3/c1-14(2,3)19-13(17)16-9-5-6-10-7-8-11(18-4)15-12(10)16/h7-8H,5-6,9H2,1-4H3. The highest BCUT2D eigenvalue weighted by molar-refractivity contribution is 5.88. The summed E-state index contributed by atoms with van der Waals surface area (Å²) in [4.78, 5) is 18.2. The summed E-state index contributed by atoms with van der Waals surface area (Å²) in [6.07, 6.45) is 1.49.